The van der Waals surface area contributed by atoms with Crippen molar-refractivity contribution in [3.63, 3.8) is 0 Å². The second-order valence-corrected chi connectivity index (χ2v) is 5.50. The molecule has 2 unspecified atom stereocenters. The van der Waals surface area contributed by atoms with E-state index >= 15 is 0 Å². The molecule has 1 rings (SSSR count). The highest BCUT2D eigenvalue weighted by atomic mass is 16.6. The first-order valence-electron chi connectivity index (χ1n) is 8.16. The van der Waals surface area contributed by atoms with Crippen molar-refractivity contribution in [2.75, 3.05) is 7.05 Å². The molecular weight excluding hydrogens is 262 g/mol. The largest absolute Gasteiger partial charge is 0.441 e. The van der Waals surface area contributed by atoms with Gasteiger partial charge in [0.1, 0.15) is 6.10 Å². The number of amides is 1. The van der Waals surface area contributed by atoms with E-state index in [1.165, 1.54) is 25.7 Å². The summed E-state index contributed by atoms with van der Waals surface area (Å²) in [4.78, 5) is 11.7. The Morgan fingerprint density at radius 2 is 1.86 bits per heavy atom. The van der Waals surface area contributed by atoms with Crippen molar-refractivity contribution < 1.29 is 9.53 Å². The standard InChI is InChI=1S/C18H29NO2/c1-4-6-7-9-12-15(5-2)17(21-18(20)19-3)16-13-10-8-11-14-16/h8,10-11,13-15,17H,4-7,9,12H2,1-3H3,(H,19,20). The van der Waals surface area contributed by atoms with Crippen molar-refractivity contribution in [2.45, 2.75) is 58.5 Å². The lowest BCUT2D eigenvalue weighted by molar-refractivity contribution is 0.0565. The molecule has 0 bridgehead atoms. The first kappa shape index (κ1) is 17.5. The zero-order chi connectivity index (χ0) is 15.5. The molecule has 0 aliphatic carbocycles. The van der Waals surface area contributed by atoms with Crippen LogP contribution in [0.15, 0.2) is 30.3 Å². The van der Waals surface area contributed by atoms with E-state index in [0.717, 1.165) is 18.4 Å². The van der Waals surface area contributed by atoms with Crippen LogP contribution in [0.5, 0.6) is 0 Å². The number of unbranched alkanes of at least 4 members (excludes halogenated alkanes) is 3. The van der Waals surface area contributed by atoms with Gasteiger partial charge in [0.05, 0.1) is 0 Å². The third kappa shape index (κ3) is 6.19. The second-order valence-electron chi connectivity index (χ2n) is 5.50. The molecule has 3 heteroatoms. The molecule has 1 aromatic carbocycles. The molecule has 21 heavy (non-hydrogen) atoms. The molecule has 0 spiro atoms. The molecule has 0 saturated heterocycles. The van der Waals surface area contributed by atoms with Crippen molar-refractivity contribution in [3.8, 4) is 0 Å². The molecule has 0 aromatic heterocycles. The molecule has 3 nitrogen and oxygen atoms in total. The van der Waals surface area contributed by atoms with Crippen LogP contribution in [0.25, 0.3) is 0 Å². The van der Waals surface area contributed by atoms with Crippen molar-refractivity contribution >= 4 is 6.09 Å². The minimum atomic E-state index is -0.351. The second kappa shape index (κ2) is 10.3. The molecule has 1 amide bonds. The van der Waals surface area contributed by atoms with Gasteiger partial charge in [0, 0.05) is 13.0 Å². The smallest absolute Gasteiger partial charge is 0.407 e. The number of rotatable bonds is 9. The Balaban J connectivity index is 2.75. The van der Waals surface area contributed by atoms with Crippen LogP contribution in [0, 0.1) is 5.92 Å². The Hall–Kier alpha value is -1.51. The average Bonchev–Trinajstić information content (AvgIpc) is 2.54. The summed E-state index contributed by atoms with van der Waals surface area (Å²) in [6.07, 6.45) is 6.60. The number of alkyl carbamates (subject to hydrolysis) is 1. The van der Waals surface area contributed by atoms with Crippen molar-refractivity contribution in [2.24, 2.45) is 5.92 Å². The number of benzene rings is 1. The van der Waals surface area contributed by atoms with Crippen LogP contribution in [0.2, 0.25) is 0 Å². The summed E-state index contributed by atoms with van der Waals surface area (Å²) in [6.45, 7) is 4.40. The Bertz CT molecular complexity index is 391. The first-order valence-corrected chi connectivity index (χ1v) is 8.16. The van der Waals surface area contributed by atoms with Crippen molar-refractivity contribution in [1.82, 2.24) is 5.32 Å². The maximum absolute atomic E-state index is 11.7. The van der Waals surface area contributed by atoms with E-state index in [2.05, 4.69) is 19.2 Å². The molecule has 0 fully saturated rings. The van der Waals surface area contributed by atoms with Gasteiger partial charge in [-0.05, 0) is 18.4 Å². The van der Waals surface area contributed by atoms with Crippen LogP contribution in [0.1, 0.15) is 64.0 Å². The quantitative estimate of drug-likeness (QED) is 0.644. The molecule has 1 N–H and O–H groups in total. The maximum Gasteiger partial charge on any atom is 0.407 e. The summed E-state index contributed by atoms with van der Waals surface area (Å²) >= 11 is 0. The van der Waals surface area contributed by atoms with E-state index in [4.69, 9.17) is 4.74 Å². The minimum absolute atomic E-state index is 0.155. The SMILES string of the molecule is CCCCCCC(CC)C(OC(=O)NC)c1ccccc1. The molecular formula is C18H29NO2. The van der Waals surface area contributed by atoms with E-state index in [1.54, 1.807) is 7.05 Å². The highest BCUT2D eigenvalue weighted by Crippen LogP contribution is 2.32. The summed E-state index contributed by atoms with van der Waals surface area (Å²) in [6, 6.07) is 10.1. The predicted octanol–water partition coefficient (Wildman–Crippen LogP) is 5.08. The van der Waals surface area contributed by atoms with Crippen LogP contribution in [0.3, 0.4) is 0 Å². The van der Waals surface area contributed by atoms with Gasteiger partial charge in [-0.25, -0.2) is 4.79 Å². The Morgan fingerprint density at radius 1 is 1.14 bits per heavy atom. The molecule has 0 radical (unpaired) electrons. The molecule has 0 aliphatic rings. The van der Waals surface area contributed by atoms with Gasteiger partial charge < -0.3 is 10.1 Å². The van der Waals surface area contributed by atoms with Crippen molar-refractivity contribution in [1.29, 1.82) is 0 Å². The number of nitrogens with one attached hydrogen (secondary N) is 1. The van der Waals surface area contributed by atoms with Crippen LogP contribution in [-0.2, 0) is 4.74 Å². The van der Waals surface area contributed by atoms with Gasteiger partial charge in [0.2, 0.25) is 0 Å². The number of carbonyl (C=O) groups is 1. The molecule has 0 heterocycles. The van der Waals surface area contributed by atoms with Gasteiger partial charge >= 0.3 is 6.09 Å². The highest BCUT2D eigenvalue weighted by Gasteiger charge is 2.25. The number of hydrogen-bond donors (Lipinski definition) is 1. The van der Waals surface area contributed by atoms with Gasteiger partial charge in [0.15, 0.2) is 0 Å². The van der Waals surface area contributed by atoms with E-state index < -0.39 is 0 Å². The van der Waals surface area contributed by atoms with Crippen LogP contribution >= 0.6 is 0 Å². The lowest BCUT2D eigenvalue weighted by Gasteiger charge is -2.26. The van der Waals surface area contributed by atoms with E-state index in [0.29, 0.717) is 5.92 Å². The fourth-order valence-corrected chi connectivity index (χ4v) is 2.66. The number of carbonyl (C=O) groups excluding carboxylic acids is 1. The normalized spacial score (nSPS) is 13.5. The average molecular weight is 291 g/mol. The van der Waals surface area contributed by atoms with Gasteiger partial charge in [-0.2, -0.15) is 0 Å². The third-order valence-corrected chi connectivity index (χ3v) is 3.95. The van der Waals surface area contributed by atoms with Crippen LogP contribution < -0.4 is 5.32 Å². The molecule has 0 saturated carbocycles. The lowest BCUT2D eigenvalue weighted by Crippen LogP contribution is -2.26. The highest BCUT2D eigenvalue weighted by molar-refractivity contribution is 5.67. The predicted molar refractivity (Wildman–Crippen MR) is 87.3 cm³/mol. The van der Waals surface area contributed by atoms with Gasteiger partial charge in [-0.1, -0.05) is 69.9 Å². The molecule has 0 aliphatic heterocycles. The summed E-state index contributed by atoms with van der Waals surface area (Å²) in [5.74, 6) is 0.376. The van der Waals surface area contributed by atoms with Gasteiger partial charge in [-0.15, -0.1) is 0 Å². The topological polar surface area (TPSA) is 38.3 Å². The van der Waals surface area contributed by atoms with Gasteiger partial charge in [0.25, 0.3) is 0 Å². The summed E-state index contributed by atoms with van der Waals surface area (Å²) in [5.41, 5.74) is 1.09. The molecule has 1 aromatic rings. The Kier molecular flexibility index (Phi) is 8.56. The summed E-state index contributed by atoms with van der Waals surface area (Å²) in [7, 11) is 1.60. The zero-order valence-corrected chi connectivity index (χ0v) is 13.6. The fourth-order valence-electron chi connectivity index (χ4n) is 2.66. The zero-order valence-electron chi connectivity index (χ0n) is 13.6. The van der Waals surface area contributed by atoms with E-state index in [-0.39, 0.29) is 12.2 Å². The fraction of sp³-hybridized carbons (Fsp3) is 0.611. The Labute approximate surface area is 129 Å². The minimum Gasteiger partial charge on any atom is -0.441 e. The summed E-state index contributed by atoms with van der Waals surface area (Å²) < 4.78 is 5.65. The van der Waals surface area contributed by atoms with E-state index in [9.17, 15) is 4.79 Å². The Morgan fingerprint density at radius 3 is 2.43 bits per heavy atom. The van der Waals surface area contributed by atoms with Gasteiger partial charge in [-0.3, -0.25) is 0 Å². The maximum atomic E-state index is 11.7. The summed E-state index contributed by atoms with van der Waals surface area (Å²) in [5, 5.41) is 2.56. The number of ether oxygens (including phenoxy) is 1. The molecule has 2 atom stereocenters. The number of hydrogen-bond acceptors (Lipinski definition) is 2. The third-order valence-electron chi connectivity index (χ3n) is 3.95. The monoisotopic (exact) mass is 291 g/mol. The lowest BCUT2D eigenvalue weighted by atomic mass is 9.88. The first-order chi connectivity index (χ1) is 10.2. The molecule has 118 valence electrons. The van der Waals surface area contributed by atoms with E-state index in [1.807, 2.05) is 30.3 Å². The van der Waals surface area contributed by atoms with Crippen LogP contribution in [0.4, 0.5) is 4.79 Å². The van der Waals surface area contributed by atoms with Crippen molar-refractivity contribution in [3.05, 3.63) is 35.9 Å². The van der Waals surface area contributed by atoms with Crippen LogP contribution in [-0.4, -0.2) is 13.1 Å².